The van der Waals surface area contributed by atoms with Crippen LogP contribution < -0.4 is 0 Å². The van der Waals surface area contributed by atoms with Gasteiger partial charge in [0.2, 0.25) is 0 Å². The number of alkyl halides is 2. The Hall–Kier alpha value is -0.960. The molecule has 2 saturated heterocycles. The van der Waals surface area contributed by atoms with Crippen LogP contribution in [-0.4, -0.2) is 17.0 Å². The van der Waals surface area contributed by atoms with Crippen molar-refractivity contribution in [3.8, 4) is 0 Å². The molecule has 122 valence electrons. The Balaban J connectivity index is 1.67. The highest BCUT2D eigenvalue weighted by atomic mass is 19.3. The van der Waals surface area contributed by atoms with Crippen molar-refractivity contribution in [2.45, 2.75) is 71.5 Å². The zero-order valence-corrected chi connectivity index (χ0v) is 13.9. The van der Waals surface area contributed by atoms with E-state index in [0.717, 1.165) is 18.0 Å². The van der Waals surface area contributed by atoms with E-state index in [0.29, 0.717) is 17.5 Å². The first-order valence-corrected chi connectivity index (χ1v) is 8.47. The van der Waals surface area contributed by atoms with Crippen molar-refractivity contribution in [3.63, 3.8) is 0 Å². The standard InChI is InChI=1S/C19H27F2N/c1-19(2,3)15-10-16-8-9-17(11-15)22(16)12-13-4-6-14(7-5-13)18(20)21/h4-7,15-18H,8-12H2,1-3H3/t15?,16-,17+. The molecule has 0 spiro atoms. The van der Waals surface area contributed by atoms with E-state index in [2.05, 4.69) is 25.7 Å². The van der Waals surface area contributed by atoms with Crippen molar-refractivity contribution >= 4 is 0 Å². The highest BCUT2D eigenvalue weighted by molar-refractivity contribution is 5.23. The lowest BCUT2D eigenvalue weighted by molar-refractivity contribution is 0.0494. The molecule has 2 aliphatic heterocycles. The van der Waals surface area contributed by atoms with Crippen LogP contribution in [0.25, 0.3) is 0 Å². The first-order valence-electron chi connectivity index (χ1n) is 8.47. The second-order valence-electron chi connectivity index (χ2n) is 8.13. The summed E-state index contributed by atoms with van der Waals surface area (Å²) in [7, 11) is 0. The van der Waals surface area contributed by atoms with E-state index in [9.17, 15) is 8.78 Å². The summed E-state index contributed by atoms with van der Waals surface area (Å²) in [5.41, 5.74) is 1.68. The number of hydrogen-bond donors (Lipinski definition) is 0. The van der Waals surface area contributed by atoms with E-state index in [1.54, 1.807) is 12.1 Å². The molecule has 1 nitrogen and oxygen atoms in total. The van der Waals surface area contributed by atoms with Gasteiger partial charge in [-0.25, -0.2) is 8.78 Å². The Morgan fingerprint density at radius 1 is 1.05 bits per heavy atom. The molecule has 3 atom stereocenters. The van der Waals surface area contributed by atoms with Gasteiger partial charge >= 0.3 is 0 Å². The molecule has 1 unspecified atom stereocenters. The van der Waals surface area contributed by atoms with Gasteiger partial charge in [0.1, 0.15) is 0 Å². The van der Waals surface area contributed by atoms with Gasteiger partial charge in [-0.1, -0.05) is 45.0 Å². The molecule has 0 radical (unpaired) electrons. The molecule has 3 heteroatoms. The van der Waals surface area contributed by atoms with E-state index in [1.807, 2.05) is 12.1 Å². The third-order valence-electron chi connectivity index (χ3n) is 5.71. The topological polar surface area (TPSA) is 3.24 Å². The molecule has 1 aromatic rings. The average molecular weight is 307 g/mol. The molecule has 2 fully saturated rings. The van der Waals surface area contributed by atoms with Gasteiger partial charge in [-0.3, -0.25) is 4.90 Å². The summed E-state index contributed by atoms with van der Waals surface area (Å²) in [5.74, 6) is 0.808. The summed E-state index contributed by atoms with van der Waals surface area (Å²) < 4.78 is 25.3. The number of nitrogens with zero attached hydrogens (tertiary/aromatic N) is 1. The predicted octanol–water partition coefficient (Wildman–Crippen LogP) is 5.41. The average Bonchev–Trinajstić information content (AvgIpc) is 2.69. The van der Waals surface area contributed by atoms with Gasteiger partial charge in [-0.2, -0.15) is 0 Å². The lowest BCUT2D eigenvalue weighted by Crippen LogP contribution is -2.45. The van der Waals surface area contributed by atoms with Crippen LogP contribution in [0.15, 0.2) is 24.3 Å². The quantitative estimate of drug-likeness (QED) is 0.721. The molecule has 0 saturated carbocycles. The third-order valence-corrected chi connectivity index (χ3v) is 5.71. The first-order chi connectivity index (χ1) is 10.3. The number of fused-ring (bicyclic) bond motifs is 2. The van der Waals surface area contributed by atoms with Crippen LogP contribution in [0.4, 0.5) is 8.78 Å². The summed E-state index contributed by atoms with van der Waals surface area (Å²) in [5, 5.41) is 0. The van der Waals surface area contributed by atoms with E-state index < -0.39 is 6.43 Å². The number of hydrogen-bond acceptors (Lipinski definition) is 1. The Bertz CT molecular complexity index is 489. The van der Waals surface area contributed by atoms with Crippen LogP contribution in [0.5, 0.6) is 0 Å². The molecule has 1 aromatic carbocycles. The normalized spacial score (nSPS) is 29.3. The van der Waals surface area contributed by atoms with Crippen molar-refractivity contribution in [1.82, 2.24) is 4.90 Å². The van der Waals surface area contributed by atoms with Gasteiger partial charge in [-0.15, -0.1) is 0 Å². The van der Waals surface area contributed by atoms with Crippen LogP contribution >= 0.6 is 0 Å². The van der Waals surface area contributed by atoms with Crippen molar-refractivity contribution in [2.75, 3.05) is 0 Å². The molecule has 3 rings (SSSR count). The van der Waals surface area contributed by atoms with Gasteiger partial charge in [0.05, 0.1) is 0 Å². The van der Waals surface area contributed by atoms with Gasteiger partial charge in [0, 0.05) is 24.2 Å². The molecule has 0 N–H and O–H groups in total. The minimum atomic E-state index is -2.37. The van der Waals surface area contributed by atoms with Crippen LogP contribution in [0, 0.1) is 11.3 Å². The van der Waals surface area contributed by atoms with Crippen LogP contribution in [-0.2, 0) is 6.54 Å². The first kappa shape index (κ1) is 15.9. The number of halogens is 2. The fraction of sp³-hybridized carbons (Fsp3) is 0.684. The van der Waals surface area contributed by atoms with Gasteiger partial charge < -0.3 is 0 Å². The Morgan fingerprint density at radius 3 is 2.05 bits per heavy atom. The molecule has 2 aliphatic rings. The van der Waals surface area contributed by atoms with Crippen molar-refractivity contribution < 1.29 is 8.78 Å². The van der Waals surface area contributed by atoms with E-state index in [4.69, 9.17) is 0 Å². The maximum absolute atomic E-state index is 12.6. The molecule has 2 bridgehead atoms. The lowest BCUT2D eigenvalue weighted by atomic mass is 9.73. The summed E-state index contributed by atoms with van der Waals surface area (Å²) >= 11 is 0. The zero-order chi connectivity index (χ0) is 15.9. The Kier molecular flexibility index (Phi) is 4.28. The monoisotopic (exact) mass is 307 g/mol. The van der Waals surface area contributed by atoms with Crippen LogP contribution in [0.3, 0.4) is 0 Å². The highest BCUT2D eigenvalue weighted by Crippen LogP contribution is 2.45. The van der Waals surface area contributed by atoms with E-state index >= 15 is 0 Å². The number of benzene rings is 1. The smallest absolute Gasteiger partial charge is 0.263 e. The predicted molar refractivity (Wildman–Crippen MR) is 85.9 cm³/mol. The Labute approximate surface area is 132 Å². The van der Waals surface area contributed by atoms with Crippen LogP contribution in [0.1, 0.15) is 64.0 Å². The minimum absolute atomic E-state index is 0.123. The molecule has 0 amide bonds. The number of piperidine rings is 1. The molecule has 0 aliphatic carbocycles. The number of rotatable bonds is 3. The highest BCUT2D eigenvalue weighted by Gasteiger charge is 2.43. The van der Waals surface area contributed by atoms with Crippen molar-refractivity contribution in [2.24, 2.45) is 11.3 Å². The second-order valence-corrected chi connectivity index (χ2v) is 8.13. The third kappa shape index (κ3) is 3.19. The maximum atomic E-state index is 12.6. The fourth-order valence-electron chi connectivity index (χ4n) is 4.22. The maximum Gasteiger partial charge on any atom is 0.263 e. The summed E-state index contributed by atoms with van der Waals surface area (Å²) in [4.78, 5) is 2.62. The zero-order valence-electron chi connectivity index (χ0n) is 13.9. The van der Waals surface area contributed by atoms with E-state index in [1.165, 1.54) is 25.7 Å². The molecule has 0 aromatic heterocycles. The SMILES string of the molecule is CC(C)(C)C1C[C@H]2CC[C@@H](C1)N2Cc1ccc(C(F)F)cc1. The molecule has 2 heterocycles. The Morgan fingerprint density at radius 2 is 1.59 bits per heavy atom. The second kappa shape index (κ2) is 5.92. The van der Waals surface area contributed by atoms with E-state index in [-0.39, 0.29) is 5.56 Å². The molecular weight excluding hydrogens is 280 g/mol. The van der Waals surface area contributed by atoms with Crippen LogP contribution in [0.2, 0.25) is 0 Å². The summed E-state index contributed by atoms with van der Waals surface area (Å²) in [6.45, 7) is 7.98. The van der Waals surface area contributed by atoms with Gasteiger partial charge in [0.25, 0.3) is 6.43 Å². The van der Waals surface area contributed by atoms with Gasteiger partial charge in [-0.05, 0) is 42.6 Å². The largest absolute Gasteiger partial charge is 0.293 e. The summed E-state index contributed by atoms with van der Waals surface area (Å²) in [6, 6.07) is 8.25. The lowest BCUT2D eigenvalue weighted by Gasteiger charge is -2.44. The van der Waals surface area contributed by atoms with Gasteiger partial charge in [0.15, 0.2) is 0 Å². The van der Waals surface area contributed by atoms with Crippen molar-refractivity contribution in [3.05, 3.63) is 35.4 Å². The summed E-state index contributed by atoms with van der Waals surface area (Å²) in [6.07, 6.45) is 2.80. The molecule has 22 heavy (non-hydrogen) atoms. The molecular formula is C19H27F2N. The fourth-order valence-corrected chi connectivity index (χ4v) is 4.22. The van der Waals surface area contributed by atoms with Crippen molar-refractivity contribution in [1.29, 1.82) is 0 Å². The minimum Gasteiger partial charge on any atom is -0.293 e.